The fourth-order valence-corrected chi connectivity index (χ4v) is 2.01. The second-order valence-electron chi connectivity index (χ2n) is 4.50. The fourth-order valence-electron chi connectivity index (χ4n) is 2.01. The van der Waals surface area contributed by atoms with Gasteiger partial charge < -0.3 is 15.8 Å². The number of rotatable bonds is 6. The van der Waals surface area contributed by atoms with Gasteiger partial charge in [-0.2, -0.15) is 0 Å². The SMILES string of the molecule is CNC(CC(N)=O)c1cccc(Oc2ccccc2)c1. The van der Waals surface area contributed by atoms with Crippen LogP contribution in [0, 0.1) is 0 Å². The Hall–Kier alpha value is -2.33. The number of amides is 1. The van der Waals surface area contributed by atoms with Crippen LogP contribution in [0.4, 0.5) is 0 Å². The Bertz CT molecular complexity index is 570. The number of ether oxygens (including phenoxy) is 1. The summed E-state index contributed by atoms with van der Waals surface area (Å²) in [6.07, 6.45) is 0.255. The van der Waals surface area contributed by atoms with Crippen LogP contribution in [0.5, 0.6) is 11.5 Å². The molecule has 0 bridgehead atoms. The average Bonchev–Trinajstić information content (AvgIpc) is 2.46. The zero-order valence-corrected chi connectivity index (χ0v) is 11.4. The first-order chi connectivity index (χ1) is 9.69. The van der Waals surface area contributed by atoms with E-state index in [0.717, 1.165) is 17.1 Å². The number of nitrogens with one attached hydrogen (secondary N) is 1. The lowest BCUT2D eigenvalue weighted by Crippen LogP contribution is -2.23. The van der Waals surface area contributed by atoms with Crippen molar-refractivity contribution in [1.82, 2.24) is 5.32 Å². The molecule has 2 aromatic rings. The molecule has 0 saturated carbocycles. The van der Waals surface area contributed by atoms with Crippen LogP contribution in [0.3, 0.4) is 0 Å². The number of carbonyl (C=O) groups excluding carboxylic acids is 1. The smallest absolute Gasteiger partial charge is 0.219 e. The van der Waals surface area contributed by atoms with Gasteiger partial charge >= 0.3 is 0 Å². The van der Waals surface area contributed by atoms with Crippen molar-refractivity contribution in [3.8, 4) is 11.5 Å². The fraction of sp³-hybridized carbons (Fsp3) is 0.188. The molecule has 0 heterocycles. The van der Waals surface area contributed by atoms with Crippen molar-refractivity contribution in [2.45, 2.75) is 12.5 Å². The van der Waals surface area contributed by atoms with Crippen LogP contribution < -0.4 is 15.8 Å². The molecule has 0 fully saturated rings. The van der Waals surface area contributed by atoms with Crippen LogP contribution in [0.15, 0.2) is 54.6 Å². The molecule has 1 amide bonds. The molecule has 0 spiro atoms. The number of para-hydroxylation sites is 1. The highest BCUT2D eigenvalue weighted by atomic mass is 16.5. The lowest BCUT2D eigenvalue weighted by atomic mass is 10.0. The number of carbonyl (C=O) groups is 1. The molecule has 1 atom stereocenters. The van der Waals surface area contributed by atoms with E-state index in [1.54, 1.807) is 7.05 Å². The predicted molar refractivity (Wildman–Crippen MR) is 78.6 cm³/mol. The first kappa shape index (κ1) is 14.1. The Morgan fingerprint density at radius 3 is 2.50 bits per heavy atom. The third-order valence-corrected chi connectivity index (χ3v) is 2.99. The average molecular weight is 270 g/mol. The van der Waals surface area contributed by atoms with Crippen molar-refractivity contribution >= 4 is 5.91 Å². The van der Waals surface area contributed by atoms with Crippen molar-refractivity contribution in [1.29, 1.82) is 0 Å². The molecule has 2 rings (SSSR count). The van der Waals surface area contributed by atoms with Crippen LogP contribution in [-0.2, 0) is 4.79 Å². The minimum absolute atomic E-state index is 0.105. The van der Waals surface area contributed by atoms with Gasteiger partial charge in [0.2, 0.25) is 5.91 Å². The highest BCUT2D eigenvalue weighted by Crippen LogP contribution is 2.25. The van der Waals surface area contributed by atoms with Gasteiger partial charge in [0.05, 0.1) is 0 Å². The van der Waals surface area contributed by atoms with Crippen molar-refractivity contribution in [3.63, 3.8) is 0 Å². The van der Waals surface area contributed by atoms with Crippen LogP contribution in [0.1, 0.15) is 18.0 Å². The van der Waals surface area contributed by atoms with E-state index in [4.69, 9.17) is 10.5 Å². The standard InChI is InChI=1S/C16H18N2O2/c1-18-15(11-16(17)19)12-6-5-9-14(10-12)20-13-7-3-2-4-8-13/h2-10,15,18H,11H2,1H3,(H2,17,19). The largest absolute Gasteiger partial charge is 0.457 e. The molecule has 0 radical (unpaired) electrons. The van der Waals surface area contributed by atoms with Gasteiger partial charge in [-0.3, -0.25) is 4.79 Å². The van der Waals surface area contributed by atoms with Crippen LogP contribution >= 0.6 is 0 Å². The van der Waals surface area contributed by atoms with E-state index in [-0.39, 0.29) is 18.4 Å². The van der Waals surface area contributed by atoms with E-state index in [0.29, 0.717) is 0 Å². The predicted octanol–water partition coefficient (Wildman–Crippen LogP) is 2.61. The number of primary amides is 1. The quantitative estimate of drug-likeness (QED) is 0.848. The minimum atomic E-state index is -0.335. The monoisotopic (exact) mass is 270 g/mol. The van der Waals surface area contributed by atoms with Gasteiger partial charge in [0, 0.05) is 12.5 Å². The summed E-state index contributed by atoms with van der Waals surface area (Å²) in [6, 6.07) is 17.1. The number of hydrogen-bond donors (Lipinski definition) is 2. The Kier molecular flexibility index (Phi) is 4.74. The minimum Gasteiger partial charge on any atom is -0.457 e. The van der Waals surface area contributed by atoms with E-state index >= 15 is 0 Å². The lowest BCUT2D eigenvalue weighted by Gasteiger charge is -2.16. The molecular weight excluding hydrogens is 252 g/mol. The first-order valence-corrected chi connectivity index (χ1v) is 6.47. The van der Waals surface area contributed by atoms with E-state index in [1.807, 2.05) is 54.6 Å². The summed E-state index contributed by atoms with van der Waals surface area (Å²) in [4.78, 5) is 11.1. The summed E-state index contributed by atoms with van der Waals surface area (Å²) < 4.78 is 5.77. The molecule has 0 aromatic heterocycles. The summed E-state index contributed by atoms with van der Waals surface area (Å²) >= 11 is 0. The topological polar surface area (TPSA) is 64.3 Å². The van der Waals surface area contributed by atoms with Crippen molar-refractivity contribution in [3.05, 3.63) is 60.2 Å². The molecule has 0 aliphatic rings. The molecule has 20 heavy (non-hydrogen) atoms. The van der Waals surface area contributed by atoms with Gasteiger partial charge in [0.25, 0.3) is 0 Å². The van der Waals surface area contributed by atoms with Crippen LogP contribution in [0.25, 0.3) is 0 Å². The molecular formula is C16H18N2O2. The van der Waals surface area contributed by atoms with Gasteiger partial charge in [-0.15, -0.1) is 0 Å². The molecule has 4 nitrogen and oxygen atoms in total. The number of hydrogen-bond acceptors (Lipinski definition) is 3. The molecule has 1 unspecified atom stereocenters. The van der Waals surface area contributed by atoms with Crippen molar-refractivity contribution in [2.75, 3.05) is 7.05 Å². The van der Waals surface area contributed by atoms with Crippen molar-refractivity contribution in [2.24, 2.45) is 5.73 Å². The maximum absolute atomic E-state index is 11.1. The highest BCUT2D eigenvalue weighted by molar-refractivity contribution is 5.74. The normalized spacial score (nSPS) is 11.8. The van der Waals surface area contributed by atoms with Gasteiger partial charge in [0.1, 0.15) is 11.5 Å². The zero-order valence-electron chi connectivity index (χ0n) is 11.4. The molecule has 0 aliphatic heterocycles. The van der Waals surface area contributed by atoms with Gasteiger partial charge in [-0.05, 0) is 36.9 Å². The highest BCUT2D eigenvalue weighted by Gasteiger charge is 2.12. The summed E-state index contributed by atoms with van der Waals surface area (Å²) in [7, 11) is 1.80. The Labute approximate surface area is 118 Å². The molecule has 104 valence electrons. The summed E-state index contributed by atoms with van der Waals surface area (Å²) in [5, 5.41) is 3.08. The van der Waals surface area contributed by atoms with Gasteiger partial charge in [0.15, 0.2) is 0 Å². The number of nitrogens with two attached hydrogens (primary N) is 1. The third-order valence-electron chi connectivity index (χ3n) is 2.99. The van der Waals surface area contributed by atoms with Gasteiger partial charge in [-0.1, -0.05) is 30.3 Å². The zero-order chi connectivity index (χ0) is 14.4. The first-order valence-electron chi connectivity index (χ1n) is 6.47. The Morgan fingerprint density at radius 1 is 1.15 bits per heavy atom. The molecule has 4 heteroatoms. The van der Waals surface area contributed by atoms with Gasteiger partial charge in [-0.25, -0.2) is 0 Å². The maximum atomic E-state index is 11.1. The second-order valence-corrected chi connectivity index (χ2v) is 4.50. The van der Waals surface area contributed by atoms with E-state index in [1.165, 1.54) is 0 Å². The summed E-state index contributed by atoms with van der Waals surface area (Å²) in [6.45, 7) is 0. The summed E-state index contributed by atoms with van der Waals surface area (Å²) in [5.74, 6) is 1.18. The van der Waals surface area contributed by atoms with E-state index in [9.17, 15) is 4.79 Å². The Balaban J connectivity index is 2.16. The molecule has 3 N–H and O–H groups in total. The maximum Gasteiger partial charge on any atom is 0.219 e. The van der Waals surface area contributed by atoms with Crippen molar-refractivity contribution < 1.29 is 9.53 Å². The summed E-state index contributed by atoms with van der Waals surface area (Å²) in [5.41, 5.74) is 6.23. The third kappa shape index (κ3) is 3.83. The molecule has 2 aromatic carbocycles. The van der Waals surface area contributed by atoms with Crippen LogP contribution in [-0.4, -0.2) is 13.0 Å². The lowest BCUT2D eigenvalue weighted by molar-refractivity contribution is -0.118. The number of benzene rings is 2. The Morgan fingerprint density at radius 2 is 1.85 bits per heavy atom. The van der Waals surface area contributed by atoms with E-state index in [2.05, 4.69) is 5.32 Å². The second kappa shape index (κ2) is 6.73. The molecule has 0 aliphatic carbocycles. The van der Waals surface area contributed by atoms with E-state index < -0.39 is 0 Å². The van der Waals surface area contributed by atoms with Crippen LogP contribution in [0.2, 0.25) is 0 Å². The molecule has 0 saturated heterocycles.